The Hall–Kier alpha value is -0.480. The van der Waals surface area contributed by atoms with Crippen LogP contribution in [0.5, 0.6) is 0 Å². The highest BCUT2D eigenvalue weighted by Crippen LogP contribution is 1.89. The van der Waals surface area contributed by atoms with E-state index >= 15 is 0 Å². The Kier molecular flexibility index (Phi) is 5.97. The van der Waals surface area contributed by atoms with Crippen LogP contribution in [0.3, 0.4) is 0 Å². The molecule has 0 fully saturated rings. The first-order valence-electron chi connectivity index (χ1n) is 2.78. The summed E-state index contributed by atoms with van der Waals surface area (Å²) in [6, 6.07) is 0. The molecule has 0 aliphatic heterocycles. The van der Waals surface area contributed by atoms with E-state index in [2.05, 4.69) is 9.99 Å². The van der Waals surface area contributed by atoms with E-state index in [1.807, 2.05) is 0 Å². The minimum atomic E-state index is -0.586. The molecule has 4 nitrogen and oxygen atoms in total. The van der Waals surface area contributed by atoms with Gasteiger partial charge in [0.25, 0.3) is 5.91 Å². The third kappa shape index (κ3) is 5.94. The number of nitrogens with zero attached hydrogens (tertiary/aromatic N) is 1. The Balaban J connectivity index is 3.61. The Labute approximate surface area is 74.3 Å². The predicted octanol–water partition coefficient (Wildman–Crippen LogP) is 0.322. The lowest BCUT2D eigenvalue weighted by molar-refractivity contribution is -0.122. The van der Waals surface area contributed by atoms with Crippen LogP contribution in [0.15, 0.2) is 5.16 Å². The number of carbonyl (C=O) groups is 1. The first-order valence-corrected chi connectivity index (χ1v) is 3.85. The van der Waals surface area contributed by atoms with Gasteiger partial charge in [-0.3, -0.25) is 4.79 Å². The normalized spacial score (nSPS) is 8.91. The standard InChI is InChI=1S/C5H8Cl2N2O2/c6-1-4(2-7)9-11-3-5(8)10/h1-3H2,(H2,8,10). The molecule has 0 aliphatic rings. The molecule has 6 heteroatoms. The average molecular weight is 199 g/mol. The van der Waals surface area contributed by atoms with Crippen molar-refractivity contribution in [2.24, 2.45) is 10.9 Å². The number of hydrogen-bond acceptors (Lipinski definition) is 3. The smallest absolute Gasteiger partial charge is 0.258 e. The van der Waals surface area contributed by atoms with Crippen molar-refractivity contribution in [3.63, 3.8) is 0 Å². The van der Waals surface area contributed by atoms with Gasteiger partial charge in [-0.25, -0.2) is 0 Å². The number of amides is 1. The van der Waals surface area contributed by atoms with Crippen LogP contribution in [0.25, 0.3) is 0 Å². The molecule has 64 valence electrons. The summed E-state index contributed by atoms with van der Waals surface area (Å²) in [6.45, 7) is -0.253. The highest BCUT2D eigenvalue weighted by Gasteiger charge is 1.96. The van der Waals surface area contributed by atoms with E-state index in [4.69, 9.17) is 28.9 Å². The number of oxime groups is 1. The van der Waals surface area contributed by atoms with Crippen LogP contribution in [-0.2, 0) is 9.63 Å². The van der Waals surface area contributed by atoms with Gasteiger partial charge in [-0.2, -0.15) is 0 Å². The number of rotatable bonds is 5. The molecule has 0 spiro atoms. The van der Waals surface area contributed by atoms with E-state index in [-0.39, 0.29) is 18.4 Å². The topological polar surface area (TPSA) is 64.7 Å². The molecule has 0 saturated carbocycles. The summed E-state index contributed by atoms with van der Waals surface area (Å²) in [5, 5.41) is 3.45. The lowest BCUT2D eigenvalue weighted by atomic mass is 10.5. The van der Waals surface area contributed by atoms with Gasteiger partial charge in [0.05, 0.1) is 17.5 Å². The predicted molar refractivity (Wildman–Crippen MR) is 44.0 cm³/mol. The molecule has 0 aromatic rings. The van der Waals surface area contributed by atoms with Crippen molar-refractivity contribution < 1.29 is 9.63 Å². The number of carbonyl (C=O) groups excluding carboxylic acids is 1. The Bertz CT molecular complexity index is 155. The Morgan fingerprint density at radius 2 is 2.00 bits per heavy atom. The van der Waals surface area contributed by atoms with Crippen LogP contribution in [0.4, 0.5) is 0 Å². The summed E-state index contributed by atoms with van der Waals surface area (Å²) in [6.07, 6.45) is 0. The molecule has 0 radical (unpaired) electrons. The van der Waals surface area contributed by atoms with Crippen molar-refractivity contribution in [2.75, 3.05) is 18.4 Å². The Morgan fingerprint density at radius 1 is 1.45 bits per heavy atom. The first-order chi connectivity index (χ1) is 5.20. The van der Waals surface area contributed by atoms with Crippen molar-refractivity contribution >= 4 is 34.8 Å². The third-order valence-electron chi connectivity index (χ3n) is 0.709. The molecule has 0 rings (SSSR count). The highest BCUT2D eigenvalue weighted by molar-refractivity contribution is 6.36. The molecule has 0 aromatic carbocycles. The second-order valence-corrected chi connectivity index (χ2v) is 2.20. The SMILES string of the molecule is NC(=O)CON=C(CCl)CCl. The van der Waals surface area contributed by atoms with E-state index in [0.717, 1.165) is 0 Å². The van der Waals surface area contributed by atoms with Gasteiger partial charge in [0.15, 0.2) is 6.61 Å². The average Bonchev–Trinajstić information content (AvgIpc) is 1.98. The Morgan fingerprint density at radius 3 is 2.36 bits per heavy atom. The summed E-state index contributed by atoms with van der Waals surface area (Å²) >= 11 is 10.7. The van der Waals surface area contributed by atoms with Gasteiger partial charge in [-0.05, 0) is 0 Å². The maximum Gasteiger partial charge on any atom is 0.258 e. The van der Waals surface area contributed by atoms with Crippen molar-refractivity contribution in [1.82, 2.24) is 0 Å². The van der Waals surface area contributed by atoms with Gasteiger partial charge in [0.1, 0.15) is 0 Å². The summed E-state index contributed by atoms with van der Waals surface area (Å²) in [5.41, 5.74) is 5.23. The molecule has 0 unspecified atom stereocenters. The number of hydrogen-bond donors (Lipinski definition) is 1. The molecule has 1 amide bonds. The fourth-order valence-electron chi connectivity index (χ4n) is 0.272. The fourth-order valence-corrected chi connectivity index (χ4v) is 0.655. The molecule has 0 bridgehead atoms. The number of halogens is 2. The maximum atomic E-state index is 10.1. The van der Waals surface area contributed by atoms with Crippen LogP contribution in [-0.4, -0.2) is 30.0 Å². The summed E-state index contributed by atoms with van der Waals surface area (Å²) in [4.78, 5) is 14.6. The largest absolute Gasteiger partial charge is 0.386 e. The van der Waals surface area contributed by atoms with Crippen LogP contribution < -0.4 is 5.73 Å². The third-order valence-corrected chi connectivity index (χ3v) is 1.33. The molecule has 0 aromatic heterocycles. The van der Waals surface area contributed by atoms with E-state index in [9.17, 15) is 4.79 Å². The quantitative estimate of drug-likeness (QED) is 0.393. The zero-order valence-electron chi connectivity index (χ0n) is 5.72. The van der Waals surface area contributed by atoms with Gasteiger partial charge in [-0.15, -0.1) is 23.2 Å². The van der Waals surface area contributed by atoms with E-state index < -0.39 is 5.91 Å². The fraction of sp³-hybridized carbons (Fsp3) is 0.600. The molecule has 0 atom stereocenters. The zero-order chi connectivity index (χ0) is 8.69. The second kappa shape index (κ2) is 6.24. The van der Waals surface area contributed by atoms with E-state index in [1.54, 1.807) is 0 Å². The minimum absolute atomic E-state index is 0.183. The van der Waals surface area contributed by atoms with Crippen molar-refractivity contribution in [3.8, 4) is 0 Å². The van der Waals surface area contributed by atoms with Crippen molar-refractivity contribution in [1.29, 1.82) is 0 Å². The van der Waals surface area contributed by atoms with Gasteiger partial charge in [0, 0.05) is 0 Å². The van der Waals surface area contributed by atoms with Crippen LogP contribution in [0, 0.1) is 0 Å². The molecule has 2 N–H and O–H groups in total. The second-order valence-electron chi connectivity index (χ2n) is 1.66. The van der Waals surface area contributed by atoms with Crippen molar-refractivity contribution in [2.45, 2.75) is 0 Å². The molecule has 0 saturated heterocycles. The molecular weight excluding hydrogens is 191 g/mol. The lowest BCUT2D eigenvalue weighted by Crippen LogP contribution is -2.17. The van der Waals surface area contributed by atoms with Crippen molar-refractivity contribution in [3.05, 3.63) is 0 Å². The zero-order valence-corrected chi connectivity index (χ0v) is 7.23. The minimum Gasteiger partial charge on any atom is -0.386 e. The van der Waals surface area contributed by atoms with Gasteiger partial charge >= 0.3 is 0 Å². The van der Waals surface area contributed by atoms with E-state index in [0.29, 0.717) is 5.71 Å². The van der Waals surface area contributed by atoms with Crippen LogP contribution >= 0.6 is 23.2 Å². The molecule has 11 heavy (non-hydrogen) atoms. The van der Waals surface area contributed by atoms with Gasteiger partial charge in [0.2, 0.25) is 0 Å². The highest BCUT2D eigenvalue weighted by atomic mass is 35.5. The van der Waals surface area contributed by atoms with Crippen LogP contribution in [0.1, 0.15) is 0 Å². The number of alkyl halides is 2. The number of primary amides is 1. The maximum absolute atomic E-state index is 10.1. The molecular formula is C5H8Cl2N2O2. The summed E-state index contributed by atoms with van der Waals surface area (Å²) in [7, 11) is 0. The van der Waals surface area contributed by atoms with Crippen LogP contribution in [0.2, 0.25) is 0 Å². The molecule has 0 heterocycles. The van der Waals surface area contributed by atoms with Gasteiger partial charge in [-0.1, -0.05) is 5.16 Å². The lowest BCUT2D eigenvalue weighted by Gasteiger charge is -1.96. The summed E-state index contributed by atoms with van der Waals surface area (Å²) in [5.74, 6) is -0.220. The van der Waals surface area contributed by atoms with E-state index in [1.165, 1.54) is 0 Å². The molecule has 0 aliphatic carbocycles. The monoisotopic (exact) mass is 198 g/mol. The number of nitrogens with two attached hydrogens (primary N) is 1. The first kappa shape index (κ1) is 10.5. The van der Waals surface area contributed by atoms with Gasteiger partial charge < -0.3 is 10.6 Å². The summed E-state index contributed by atoms with van der Waals surface area (Å²) < 4.78 is 0.